The van der Waals surface area contributed by atoms with Crippen molar-refractivity contribution in [2.24, 2.45) is 11.5 Å². The monoisotopic (exact) mass is 478 g/mol. The zero-order valence-electron chi connectivity index (χ0n) is 17.8. The maximum Gasteiger partial charge on any atom is 0.347 e. The zero-order valence-corrected chi connectivity index (χ0v) is 17.8. The van der Waals surface area contributed by atoms with Crippen LogP contribution in [0.3, 0.4) is 0 Å². The minimum atomic E-state index is -1.61. The maximum atomic E-state index is 11.5. The lowest BCUT2D eigenvalue weighted by Gasteiger charge is -2.09. The highest BCUT2D eigenvalue weighted by Crippen LogP contribution is 2.29. The van der Waals surface area contributed by atoms with Crippen molar-refractivity contribution in [2.45, 2.75) is 0 Å². The second-order valence-electron chi connectivity index (χ2n) is 7.05. The van der Waals surface area contributed by atoms with Crippen molar-refractivity contribution < 1.29 is 38.6 Å². The largest absolute Gasteiger partial charge is 0.478 e. The predicted octanol–water partition coefficient (Wildman–Crippen LogP) is 1.54. The molecule has 178 valence electrons. The standard InChI is InChI=1S/C12H12N2O.C11H6N2O7/c13-9-1-5-11(6-2-9)15-12-7-3-10(14)4-8-12;12-7(14)4-2(9(16)17)1-3-5(6(4)8(13)15)11(19)20-10(3)18/h1-8H,13-14H2;1H,(H2,12,14)(H2,13,15)(H,16,17). The van der Waals surface area contributed by atoms with E-state index in [2.05, 4.69) is 4.74 Å². The first kappa shape index (κ1) is 24.3. The fourth-order valence-electron chi connectivity index (χ4n) is 3.13. The van der Waals surface area contributed by atoms with Crippen LogP contribution in [0.1, 0.15) is 51.8 Å². The summed E-state index contributed by atoms with van der Waals surface area (Å²) in [7, 11) is 0. The van der Waals surface area contributed by atoms with Crippen LogP contribution >= 0.6 is 0 Å². The summed E-state index contributed by atoms with van der Waals surface area (Å²) in [6, 6.07) is 15.2. The molecule has 0 atom stereocenters. The molecule has 0 bridgehead atoms. The summed E-state index contributed by atoms with van der Waals surface area (Å²) in [5, 5.41) is 9.01. The molecule has 0 aromatic heterocycles. The number of fused-ring (bicyclic) bond motifs is 1. The molecular formula is C23H18N4O8. The summed E-state index contributed by atoms with van der Waals surface area (Å²) < 4.78 is 9.84. The normalized spacial score (nSPS) is 11.5. The summed E-state index contributed by atoms with van der Waals surface area (Å²) in [4.78, 5) is 56.8. The molecule has 0 unspecified atom stereocenters. The molecule has 0 saturated heterocycles. The number of primary amides is 2. The molecule has 0 radical (unpaired) electrons. The van der Waals surface area contributed by atoms with Crippen molar-refractivity contribution in [3.63, 3.8) is 0 Å². The van der Waals surface area contributed by atoms with E-state index >= 15 is 0 Å². The van der Waals surface area contributed by atoms with E-state index < -0.39 is 57.5 Å². The number of anilines is 2. The van der Waals surface area contributed by atoms with Crippen molar-refractivity contribution in [1.82, 2.24) is 0 Å². The number of nitrogens with two attached hydrogens (primary N) is 4. The number of hydrogen-bond acceptors (Lipinski definition) is 9. The third kappa shape index (κ3) is 5.17. The van der Waals surface area contributed by atoms with E-state index in [1.54, 1.807) is 24.3 Å². The Kier molecular flexibility index (Phi) is 6.67. The van der Waals surface area contributed by atoms with Crippen LogP contribution in [0, 0.1) is 0 Å². The molecular weight excluding hydrogens is 460 g/mol. The second kappa shape index (κ2) is 9.62. The van der Waals surface area contributed by atoms with Crippen molar-refractivity contribution in [1.29, 1.82) is 0 Å². The molecule has 0 fully saturated rings. The molecule has 12 heteroatoms. The lowest BCUT2D eigenvalue weighted by molar-refractivity contribution is 0.0441. The Labute approximate surface area is 197 Å². The van der Waals surface area contributed by atoms with Gasteiger partial charge in [-0.05, 0) is 54.6 Å². The van der Waals surface area contributed by atoms with E-state index in [0.29, 0.717) is 0 Å². The Morgan fingerprint density at radius 3 is 1.60 bits per heavy atom. The number of carbonyl (C=O) groups excluding carboxylic acids is 4. The van der Waals surface area contributed by atoms with Crippen LogP contribution in [0.15, 0.2) is 54.6 Å². The fourth-order valence-corrected chi connectivity index (χ4v) is 3.13. The fraction of sp³-hybridized carbons (Fsp3) is 0. The second-order valence-corrected chi connectivity index (χ2v) is 7.05. The summed E-state index contributed by atoms with van der Waals surface area (Å²) >= 11 is 0. The van der Waals surface area contributed by atoms with Crippen molar-refractivity contribution in [3.8, 4) is 11.5 Å². The SMILES string of the molecule is NC(=O)c1c(C(=O)O)cc2c(c1C(N)=O)C(=O)OC2=O.Nc1ccc(Oc2ccc(N)cc2)cc1. The van der Waals surface area contributed by atoms with Gasteiger partial charge in [0.15, 0.2) is 0 Å². The third-order valence-corrected chi connectivity index (χ3v) is 4.66. The highest BCUT2D eigenvalue weighted by molar-refractivity contribution is 6.24. The number of cyclic esters (lactones) is 2. The van der Waals surface area contributed by atoms with Gasteiger partial charge in [0, 0.05) is 11.4 Å². The minimum absolute atomic E-state index is 0.453. The maximum absolute atomic E-state index is 11.5. The van der Waals surface area contributed by atoms with Crippen LogP contribution in [0.25, 0.3) is 0 Å². The molecule has 0 aliphatic carbocycles. The quantitative estimate of drug-likeness (QED) is 0.202. The molecule has 12 nitrogen and oxygen atoms in total. The number of amides is 2. The van der Waals surface area contributed by atoms with E-state index in [9.17, 15) is 24.0 Å². The molecule has 0 saturated carbocycles. The number of carboxylic acids is 1. The van der Waals surface area contributed by atoms with Crippen molar-refractivity contribution in [3.05, 3.63) is 82.4 Å². The summed E-state index contributed by atoms with van der Waals surface area (Å²) in [6.45, 7) is 0. The van der Waals surface area contributed by atoms with Gasteiger partial charge >= 0.3 is 17.9 Å². The Balaban J connectivity index is 0.000000203. The molecule has 3 aromatic carbocycles. The Morgan fingerprint density at radius 1 is 0.743 bits per heavy atom. The Hall–Kier alpha value is -5.39. The van der Waals surface area contributed by atoms with Crippen LogP contribution in [-0.4, -0.2) is 34.8 Å². The molecule has 2 amide bonds. The Bertz CT molecular complexity index is 1320. The molecule has 0 spiro atoms. The molecule has 3 aromatic rings. The smallest absolute Gasteiger partial charge is 0.347 e. The van der Waals surface area contributed by atoms with Crippen LogP contribution in [0.4, 0.5) is 11.4 Å². The third-order valence-electron chi connectivity index (χ3n) is 4.66. The number of ether oxygens (including phenoxy) is 2. The first-order chi connectivity index (χ1) is 16.5. The van der Waals surface area contributed by atoms with Gasteiger partial charge in [-0.1, -0.05) is 0 Å². The Morgan fingerprint density at radius 2 is 1.20 bits per heavy atom. The van der Waals surface area contributed by atoms with Crippen LogP contribution in [-0.2, 0) is 4.74 Å². The number of rotatable bonds is 5. The van der Waals surface area contributed by atoms with E-state index in [4.69, 9.17) is 32.8 Å². The number of hydrogen-bond donors (Lipinski definition) is 5. The number of carboxylic acid groups (broad SMARTS) is 1. The predicted molar refractivity (Wildman–Crippen MR) is 122 cm³/mol. The van der Waals surface area contributed by atoms with E-state index in [0.717, 1.165) is 28.9 Å². The zero-order chi connectivity index (χ0) is 25.9. The first-order valence-corrected chi connectivity index (χ1v) is 9.69. The van der Waals surface area contributed by atoms with Crippen LogP contribution < -0.4 is 27.7 Å². The minimum Gasteiger partial charge on any atom is -0.478 e. The summed E-state index contributed by atoms with van der Waals surface area (Å²) in [5.74, 6) is -4.97. The van der Waals surface area contributed by atoms with Gasteiger partial charge in [0.2, 0.25) is 11.8 Å². The topological polar surface area (TPSA) is 228 Å². The lowest BCUT2D eigenvalue weighted by Crippen LogP contribution is -2.26. The van der Waals surface area contributed by atoms with E-state index in [-0.39, 0.29) is 0 Å². The molecule has 4 rings (SSSR count). The highest BCUT2D eigenvalue weighted by Gasteiger charge is 2.39. The molecule has 9 N–H and O–H groups in total. The van der Waals surface area contributed by atoms with Gasteiger partial charge in [0.05, 0.1) is 27.8 Å². The lowest BCUT2D eigenvalue weighted by atomic mass is 9.91. The van der Waals surface area contributed by atoms with Gasteiger partial charge in [0.25, 0.3) is 0 Å². The van der Waals surface area contributed by atoms with Crippen molar-refractivity contribution in [2.75, 3.05) is 11.5 Å². The van der Waals surface area contributed by atoms with E-state index in [1.165, 1.54) is 0 Å². The summed E-state index contributed by atoms with van der Waals surface area (Å²) in [6.07, 6.45) is 0. The highest BCUT2D eigenvalue weighted by atomic mass is 16.6. The molecule has 1 heterocycles. The van der Waals surface area contributed by atoms with Crippen LogP contribution in [0.2, 0.25) is 0 Å². The van der Waals surface area contributed by atoms with Crippen LogP contribution in [0.5, 0.6) is 11.5 Å². The number of nitrogen functional groups attached to an aromatic ring is 2. The first-order valence-electron chi connectivity index (χ1n) is 9.69. The van der Waals surface area contributed by atoms with Crippen molar-refractivity contribution >= 4 is 41.1 Å². The van der Waals surface area contributed by atoms with Gasteiger partial charge in [-0.3, -0.25) is 9.59 Å². The average molecular weight is 478 g/mol. The molecule has 1 aliphatic heterocycles. The van der Waals surface area contributed by atoms with Gasteiger partial charge in [-0.25, -0.2) is 14.4 Å². The number of carbonyl (C=O) groups is 5. The number of benzene rings is 3. The summed E-state index contributed by atoms with van der Waals surface area (Å²) in [5.41, 5.74) is 19.4. The number of aromatic carboxylic acids is 1. The van der Waals surface area contributed by atoms with Gasteiger partial charge in [-0.15, -0.1) is 0 Å². The average Bonchev–Trinajstić information content (AvgIpc) is 3.09. The number of esters is 2. The van der Waals surface area contributed by atoms with E-state index in [1.807, 2.05) is 24.3 Å². The molecule has 35 heavy (non-hydrogen) atoms. The van der Waals surface area contributed by atoms with Gasteiger partial charge in [-0.2, -0.15) is 0 Å². The van der Waals surface area contributed by atoms with Gasteiger partial charge < -0.3 is 37.5 Å². The molecule has 1 aliphatic rings. The van der Waals surface area contributed by atoms with Gasteiger partial charge in [0.1, 0.15) is 11.5 Å².